The number of nitrogens with two attached hydrogens (primary N) is 1. The van der Waals surface area contributed by atoms with E-state index in [1.54, 1.807) is 41.3 Å². The molecule has 0 amide bonds. The minimum atomic E-state index is -0.372. The summed E-state index contributed by atoms with van der Waals surface area (Å²) in [6.45, 7) is 1.09. The van der Waals surface area contributed by atoms with Crippen molar-refractivity contribution in [3.8, 4) is 5.75 Å². The number of benzene rings is 2. The molecule has 0 fully saturated rings. The maximum Gasteiger partial charge on any atom is 0.338 e. The van der Waals surface area contributed by atoms with Gasteiger partial charge < -0.3 is 15.2 Å². The van der Waals surface area contributed by atoms with Crippen LogP contribution in [-0.4, -0.2) is 33.6 Å². The molecule has 0 unspecified atom stereocenters. The van der Waals surface area contributed by atoms with Gasteiger partial charge in [0, 0.05) is 6.20 Å². The number of rotatable bonds is 8. The lowest BCUT2D eigenvalue weighted by molar-refractivity contribution is 0.0472. The van der Waals surface area contributed by atoms with Crippen LogP contribution in [0.1, 0.15) is 15.9 Å². The molecule has 0 radical (unpaired) electrons. The average molecular weight is 352 g/mol. The molecule has 1 aromatic heterocycles. The highest BCUT2D eigenvalue weighted by Crippen LogP contribution is 2.14. The van der Waals surface area contributed by atoms with Crippen LogP contribution in [0.5, 0.6) is 5.75 Å². The van der Waals surface area contributed by atoms with Crippen molar-refractivity contribution in [2.24, 2.45) is 5.73 Å². The highest BCUT2D eigenvalue weighted by Gasteiger charge is 2.09. The molecule has 2 aromatic carbocycles. The molecule has 0 saturated heterocycles. The Labute approximate surface area is 151 Å². The zero-order chi connectivity index (χ0) is 18.2. The number of hydrogen-bond acceptors (Lipinski definition) is 6. The highest BCUT2D eigenvalue weighted by atomic mass is 16.5. The largest absolute Gasteiger partial charge is 0.492 e. The Morgan fingerprint density at radius 2 is 1.88 bits per heavy atom. The topological polar surface area (TPSA) is 92.3 Å². The van der Waals surface area contributed by atoms with Crippen LogP contribution in [-0.2, 0) is 17.9 Å². The van der Waals surface area contributed by atoms with Gasteiger partial charge in [-0.1, -0.05) is 35.5 Å². The van der Waals surface area contributed by atoms with Gasteiger partial charge in [-0.15, -0.1) is 5.10 Å². The van der Waals surface area contributed by atoms with Crippen LogP contribution in [0.4, 0.5) is 0 Å². The summed E-state index contributed by atoms with van der Waals surface area (Å²) in [6.07, 6.45) is 3.35. The van der Waals surface area contributed by atoms with Gasteiger partial charge in [-0.05, 0) is 29.8 Å². The van der Waals surface area contributed by atoms with E-state index in [0.717, 1.165) is 5.56 Å². The SMILES string of the molecule is N[C@@H](COc1ccc(C(=O)OCc2ccccc2)cc1)Cn1ccnn1. The Bertz CT molecular complexity index is 805. The molecule has 7 heteroatoms. The Morgan fingerprint density at radius 1 is 1.12 bits per heavy atom. The summed E-state index contributed by atoms with van der Waals surface area (Å²) >= 11 is 0. The normalized spacial score (nSPS) is 11.7. The van der Waals surface area contributed by atoms with Gasteiger partial charge in [0.2, 0.25) is 0 Å². The van der Waals surface area contributed by atoms with Gasteiger partial charge in [-0.3, -0.25) is 4.68 Å². The molecular formula is C19H20N4O3. The van der Waals surface area contributed by atoms with Gasteiger partial charge in [0.1, 0.15) is 19.0 Å². The number of carbonyl (C=O) groups excluding carboxylic acids is 1. The van der Waals surface area contributed by atoms with E-state index in [4.69, 9.17) is 15.2 Å². The van der Waals surface area contributed by atoms with E-state index in [-0.39, 0.29) is 18.6 Å². The Balaban J connectivity index is 1.46. The molecule has 134 valence electrons. The molecule has 0 aliphatic heterocycles. The molecule has 1 atom stereocenters. The lowest BCUT2D eigenvalue weighted by Gasteiger charge is -2.13. The fourth-order valence-corrected chi connectivity index (χ4v) is 2.32. The fraction of sp³-hybridized carbons (Fsp3) is 0.211. The molecular weight excluding hydrogens is 332 g/mol. The standard InChI is InChI=1S/C19H20N4O3/c20-17(12-23-11-10-21-22-23)14-25-18-8-6-16(7-9-18)19(24)26-13-15-4-2-1-3-5-15/h1-11,17H,12-14,20H2/t17-/m1/s1. The minimum Gasteiger partial charge on any atom is -0.492 e. The van der Waals surface area contributed by atoms with Crippen LogP contribution in [0.2, 0.25) is 0 Å². The monoisotopic (exact) mass is 352 g/mol. The van der Waals surface area contributed by atoms with Crippen molar-refractivity contribution >= 4 is 5.97 Å². The molecule has 0 bridgehead atoms. The van der Waals surface area contributed by atoms with Gasteiger partial charge in [0.15, 0.2) is 0 Å². The van der Waals surface area contributed by atoms with Crippen molar-refractivity contribution in [3.63, 3.8) is 0 Å². The van der Waals surface area contributed by atoms with Crippen molar-refractivity contribution in [2.45, 2.75) is 19.2 Å². The van der Waals surface area contributed by atoms with Gasteiger partial charge in [-0.25, -0.2) is 4.79 Å². The second-order valence-corrected chi connectivity index (χ2v) is 5.78. The number of ether oxygens (including phenoxy) is 2. The second kappa shape index (κ2) is 8.77. The fourth-order valence-electron chi connectivity index (χ4n) is 2.32. The quantitative estimate of drug-likeness (QED) is 0.624. The average Bonchev–Trinajstić information content (AvgIpc) is 3.18. The van der Waals surface area contributed by atoms with E-state index < -0.39 is 0 Å². The van der Waals surface area contributed by atoms with E-state index in [1.165, 1.54) is 0 Å². The van der Waals surface area contributed by atoms with Crippen LogP contribution < -0.4 is 10.5 Å². The zero-order valence-corrected chi connectivity index (χ0v) is 14.2. The zero-order valence-electron chi connectivity index (χ0n) is 14.2. The summed E-state index contributed by atoms with van der Waals surface area (Å²) in [7, 11) is 0. The summed E-state index contributed by atoms with van der Waals surface area (Å²) in [5, 5.41) is 7.59. The van der Waals surface area contributed by atoms with Crippen LogP contribution in [0, 0.1) is 0 Å². The van der Waals surface area contributed by atoms with Crippen molar-refractivity contribution < 1.29 is 14.3 Å². The predicted octanol–water partition coefficient (Wildman–Crippen LogP) is 2.04. The van der Waals surface area contributed by atoms with E-state index in [2.05, 4.69) is 10.3 Å². The van der Waals surface area contributed by atoms with Crippen molar-refractivity contribution in [3.05, 3.63) is 78.1 Å². The molecule has 26 heavy (non-hydrogen) atoms. The van der Waals surface area contributed by atoms with Crippen LogP contribution in [0.3, 0.4) is 0 Å². The molecule has 3 rings (SSSR count). The highest BCUT2D eigenvalue weighted by molar-refractivity contribution is 5.89. The summed E-state index contributed by atoms with van der Waals surface area (Å²) in [6, 6.07) is 16.1. The molecule has 0 spiro atoms. The third-order valence-electron chi connectivity index (χ3n) is 3.66. The van der Waals surface area contributed by atoms with E-state index in [0.29, 0.717) is 24.5 Å². The molecule has 3 aromatic rings. The first-order valence-corrected chi connectivity index (χ1v) is 8.24. The van der Waals surface area contributed by atoms with Gasteiger partial charge in [-0.2, -0.15) is 0 Å². The number of carbonyl (C=O) groups is 1. The van der Waals surface area contributed by atoms with Crippen LogP contribution >= 0.6 is 0 Å². The molecule has 1 heterocycles. The minimum absolute atomic E-state index is 0.216. The van der Waals surface area contributed by atoms with E-state index in [9.17, 15) is 4.79 Å². The van der Waals surface area contributed by atoms with Crippen molar-refractivity contribution in [2.75, 3.05) is 6.61 Å². The molecule has 0 aliphatic rings. The first-order valence-electron chi connectivity index (χ1n) is 8.24. The Kier molecular flexibility index (Phi) is 5.95. The number of esters is 1. The van der Waals surface area contributed by atoms with Gasteiger partial charge >= 0.3 is 5.97 Å². The van der Waals surface area contributed by atoms with E-state index >= 15 is 0 Å². The van der Waals surface area contributed by atoms with Crippen molar-refractivity contribution in [1.82, 2.24) is 15.0 Å². The predicted molar refractivity (Wildman–Crippen MR) is 95.5 cm³/mol. The first-order chi connectivity index (χ1) is 12.7. The smallest absolute Gasteiger partial charge is 0.338 e. The third kappa shape index (κ3) is 5.15. The van der Waals surface area contributed by atoms with Crippen LogP contribution in [0.25, 0.3) is 0 Å². The summed E-state index contributed by atoms with van der Waals surface area (Å²) in [5.41, 5.74) is 7.42. The molecule has 0 aliphatic carbocycles. The van der Waals surface area contributed by atoms with Gasteiger partial charge in [0.25, 0.3) is 0 Å². The maximum atomic E-state index is 12.1. The lowest BCUT2D eigenvalue weighted by Crippen LogP contribution is -2.32. The third-order valence-corrected chi connectivity index (χ3v) is 3.66. The first kappa shape index (κ1) is 17.6. The van der Waals surface area contributed by atoms with Gasteiger partial charge in [0.05, 0.1) is 24.3 Å². The van der Waals surface area contributed by atoms with Crippen molar-refractivity contribution in [1.29, 1.82) is 0 Å². The summed E-state index contributed by atoms with van der Waals surface area (Å²) < 4.78 is 12.6. The molecule has 7 nitrogen and oxygen atoms in total. The lowest BCUT2D eigenvalue weighted by atomic mass is 10.2. The number of hydrogen-bond donors (Lipinski definition) is 1. The molecule has 2 N–H and O–H groups in total. The Morgan fingerprint density at radius 3 is 2.58 bits per heavy atom. The maximum absolute atomic E-state index is 12.1. The summed E-state index contributed by atoms with van der Waals surface area (Å²) in [4.78, 5) is 12.1. The summed E-state index contributed by atoms with van der Waals surface area (Å²) in [5.74, 6) is 0.266. The van der Waals surface area contributed by atoms with E-state index in [1.807, 2.05) is 30.3 Å². The second-order valence-electron chi connectivity index (χ2n) is 5.78. The number of aromatic nitrogens is 3. The molecule has 0 saturated carbocycles. The van der Waals surface area contributed by atoms with Crippen LogP contribution in [0.15, 0.2) is 67.0 Å². The Hall–Kier alpha value is -3.19. The number of nitrogens with zero attached hydrogens (tertiary/aromatic N) is 3.